The zero-order chi connectivity index (χ0) is 28.3. The molecule has 1 unspecified atom stereocenters. The number of benzene rings is 2. The van der Waals surface area contributed by atoms with Crippen molar-refractivity contribution in [2.45, 2.75) is 64.4 Å². The van der Waals surface area contributed by atoms with Gasteiger partial charge in [0.15, 0.2) is 5.78 Å². The van der Waals surface area contributed by atoms with Crippen LogP contribution in [-0.4, -0.2) is 71.6 Å². The summed E-state index contributed by atoms with van der Waals surface area (Å²) in [4.78, 5) is 28.5. The number of rotatable bonds is 10. The minimum absolute atomic E-state index is 0. The van der Waals surface area contributed by atoms with Crippen LogP contribution in [0.25, 0.3) is 0 Å². The highest BCUT2D eigenvalue weighted by Crippen LogP contribution is 2.41. The number of aromatic hydroxyl groups is 1. The van der Waals surface area contributed by atoms with Crippen LogP contribution in [0.2, 0.25) is 0 Å². The minimum Gasteiger partial charge on any atom is -0.505 e. The number of carboxylic acids is 1. The first-order chi connectivity index (χ1) is 18.5. The fourth-order valence-corrected chi connectivity index (χ4v) is 5.91. The third kappa shape index (κ3) is 7.04. The van der Waals surface area contributed by atoms with Gasteiger partial charge in [0.1, 0.15) is 18.2 Å². The number of Topliss-reactive ketones (excluding diaryl/α,β-unsaturated/α-hetero) is 1. The van der Waals surface area contributed by atoms with E-state index in [4.69, 9.17) is 15.3 Å². The molecule has 2 aromatic rings. The quantitative estimate of drug-likeness (QED) is 0.297. The molecular weight excluding hydrogens is 574 g/mol. The first-order valence-corrected chi connectivity index (χ1v) is 13.9. The molecule has 2 heterocycles. The van der Waals surface area contributed by atoms with Crippen LogP contribution in [0.1, 0.15) is 74.4 Å². The molecule has 9 heteroatoms. The van der Waals surface area contributed by atoms with Crippen molar-refractivity contribution in [1.29, 1.82) is 5.41 Å². The number of hydrogen-bond acceptors (Lipinski definition) is 6. The number of nitrogens with one attached hydrogen (secondary N) is 1. The summed E-state index contributed by atoms with van der Waals surface area (Å²) >= 11 is 0. The van der Waals surface area contributed by atoms with E-state index in [2.05, 4.69) is 19.1 Å². The van der Waals surface area contributed by atoms with Crippen LogP contribution in [0.15, 0.2) is 42.5 Å². The SMILES string of the molecule is Br.CCC[C@H]1CN(CC(=O)c2cc(N3CCC(OCC(=O)O)C3)c(O)c(C(C)(C)C)c2)C(=N)[C@@H]1c1ccccc1. The molecule has 0 saturated carbocycles. The molecule has 4 rings (SSSR count). The van der Waals surface area contributed by atoms with E-state index in [1.807, 2.05) is 48.8 Å². The molecule has 0 aliphatic carbocycles. The van der Waals surface area contributed by atoms with Gasteiger partial charge in [-0.3, -0.25) is 10.2 Å². The summed E-state index contributed by atoms with van der Waals surface area (Å²) in [6, 6.07) is 13.6. The van der Waals surface area contributed by atoms with Gasteiger partial charge in [0.25, 0.3) is 0 Å². The Morgan fingerprint density at radius 2 is 1.82 bits per heavy atom. The molecule has 2 aliphatic rings. The highest BCUT2D eigenvalue weighted by atomic mass is 79.9. The van der Waals surface area contributed by atoms with Crippen LogP contribution in [0, 0.1) is 11.3 Å². The normalized spacial score (nSPS) is 21.0. The Hall–Kier alpha value is -2.91. The second-order valence-electron chi connectivity index (χ2n) is 11.8. The second-order valence-corrected chi connectivity index (χ2v) is 11.8. The molecule has 0 amide bonds. The molecule has 40 heavy (non-hydrogen) atoms. The number of ketones is 1. The van der Waals surface area contributed by atoms with Gasteiger partial charge in [-0.05, 0) is 41.9 Å². The standard InChI is InChI=1S/C31H41N3O5.BrH/c1-5-9-21-16-34(30(32)28(21)20-10-7-6-8-11-20)18-26(35)22-14-24(31(2,3)4)29(38)25(15-22)33-13-12-23(17-33)39-19-27(36)37;/h6-8,10-11,14-15,21,23,28,32,38H,5,9,12-13,16-19H2,1-4H3,(H,36,37);1H/t21-,23?,28+;/m0./s1. The number of nitrogens with zero attached hydrogens (tertiary/aromatic N) is 2. The van der Waals surface area contributed by atoms with E-state index in [-0.39, 0.29) is 59.6 Å². The Morgan fingerprint density at radius 3 is 2.45 bits per heavy atom. The molecule has 2 fully saturated rings. The molecule has 2 aromatic carbocycles. The first-order valence-electron chi connectivity index (χ1n) is 13.9. The van der Waals surface area contributed by atoms with Gasteiger partial charge in [0.2, 0.25) is 0 Å². The maximum Gasteiger partial charge on any atom is 0.329 e. The first kappa shape index (κ1) is 31.6. The molecule has 0 bridgehead atoms. The Morgan fingerprint density at radius 1 is 1.12 bits per heavy atom. The van der Waals surface area contributed by atoms with E-state index < -0.39 is 11.4 Å². The number of aliphatic carboxylic acids is 1. The highest BCUT2D eigenvalue weighted by molar-refractivity contribution is 8.93. The lowest BCUT2D eigenvalue weighted by molar-refractivity contribution is -0.143. The molecule has 218 valence electrons. The van der Waals surface area contributed by atoms with E-state index in [0.717, 1.165) is 18.4 Å². The lowest BCUT2D eigenvalue weighted by Crippen LogP contribution is -2.32. The topological polar surface area (TPSA) is 114 Å². The number of ether oxygens (including phenoxy) is 1. The van der Waals surface area contributed by atoms with Gasteiger partial charge >= 0.3 is 5.97 Å². The van der Waals surface area contributed by atoms with Crippen LogP contribution >= 0.6 is 17.0 Å². The maximum absolute atomic E-state index is 13.7. The monoisotopic (exact) mass is 615 g/mol. The zero-order valence-electron chi connectivity index (χ0n) is 23.9. The molecule has 8 nitrogen and oxygen atoms in total. The number of hydrogen-bond donors (Lipinski definition) is 3. The number of anilines is 1. The van der Waals surface area contributed by atoms with Gasteiger partial charge in [0, 0.05) is 36.7 Å². The molecule has 3 atom stereocenters. The molecule has 2 aliphatic heterocycles. The number of amidine groups is 1. The third-order valence-electron chi connectivity index (χ3n) is 7.86. The van der Waals surface area contributed by atoms with Crippen LogP contribution in [0.4, 0.5) is 5.69 Å². The van der Waals surface area contributed by atoms with Crippen molar-refractivity contribution >= 4 is 40.3 Å². The second kappa shape index (κ2) is 13.2. The van der Waals surface area contributed by atoms with Gasteiger partial charge in [0.05, 0.1) is 18.3 Å². The van der Waals surface area contributed by atoms with Crippen molar-refractivity contribution in [3.05, 3.63) is 59.2 Å². The number of phenolic OH excluding ortho intramolecular Hbond substituents is 1. The largest absolute Gasteiger partial charge is 0.505 e. The van der Waals surface area contributed by atoms with Gasteiger partial charge in [-0.25, -0.2) is 4.79 Å². The van der Waals surface area contributed by atoms with E-state index in [0.29, 0.717) is 48.7 Å². The lowest BCUT2D eigenvalue weighted by Gasteiger charge is -2.27. The Balaban J connectivity index is 0.00000441. The smallest absolute Gasteiger partial charge is 0.329 e. The fourth-order valence-electron chi connectivity index (χ4n) is 5.91. The number of likely N-dealkylation sites (tertiary alicyclic amines) is 1. The summed E-state index contributed by atoms with van der Waals surface area (Å²) < 4.78 is 5.49. The lowest BCUT2D eigenvalue weighted by atomic mass is 9.84. The van der Waals surface area contributed by atoms with Crippen LogP contribution < -0.4 is 4.90 Å². The van der Waals surface area contributed by atoms with Gasteiger partial charge < -0.3 is 24.7 Å². The summed E-state index contributed by atoms with van der Waals surface area (Å²) in [5.74, 6) is -0.215. The van der Waals surface area contributed by atoms with E-state index >= 15 is 0 Å². The fraction of sp³-hybridized carbons (Fsp3) is 0.516. The predicted molar refractivity (Wildman–Crippen MR) is 163 cm³/mol. The molecule has 0 radical (unpaired) electrons. The van der Waals surface area contributed by atoms with E-state index in [1.165, 1.54) is 0 Å². The number of carboxylic acid groups (broad SMARTS) is 1. The summed E-state index contributed by atoms with van der Waals surface area (Å²) in [7, 11) is 0. The van der Waals surface area contributed by atoms with E-state index in [1.54, 1.807) is 12.1 Å². The summed E-state index contributed by atoms with van der Waals surface area (Å²) in [6.07, 6.45) is 2.39. The number of carbonyl (C=O) groups is 2. The average Bonchev–Trinajstić information content (AvgIpc) is 3.47. The van der Waals surface area contributed by atoms with Gasteiger partial charge in [-0.1, -0.05) is 64.4 Å². The Kier molecular flexibility index (Phi) is 10.4. The van der Waals surface area contributed by atoms with Crippen molar-refractivity contribution in [3.8, 4) is 5.75 Å². The van der Waals surface area contributed by atoms with Crippen LogP contribution in [-0.2, 0) is 14.9 Å². The third-order valence-corrected chi connectivity index (χ3v) is 7.86. The predicted octanol–water partition coefficient (Wildman–Crippen LogP) is 5.62. The van der Waals surface area contributed by atoms with Crippen molar-refractivity contribution in [2.24, 2.45) is 5.92 Å². The molecular formula is C31H42BrN3O5. The van der Waals surface area contributed by atoms with E-state index in [9.17, 15) is 14.7 Å². The van der Waals surface area contributed by atoms with Crippen LogP contribution in [0.5, 0.6) is 5.75 Å². The van der Waals surface area contributed by atoms with Crippen LogP contribution in [0.3, 0.4) is 0 Å². The number of phenols is 1. The Bertz CT molecular complexity index is 1210. The summed E-state index contributed by atoms with van der Waals surface area (Å²) in [6.45, 7) is 9.60. The molecule has 2 saturated heterocycles. The summed E-state index contributed by atoms with van der Waals surface area (Å²) in [5.41, 5.74) is 2.46. The van der Waals surface area contributed by atoms with Gasteiger partial charge in [-0.15, -0.1) is 17.0 Å². The zero-order valence-corrected chi connectivity index (χ0v) is 25.6. The van der Waals surface area contributed by atoms with Crippen molar-refractivity contribution in [1.82, 2.24) is 4.90 Å². The van der Waals surface area contributed by atoms with Crippen molar-refractivity contribution in [3.63, 3.8) is 0 Å². The van der Waals surface area contributed by atoms with Crippen molar-refractivity contribution < 1.29 is 24.5 Å². The molecule has 0 aromatic heterocycles. The van der Waals surface area contributed by atoms with Gasteiger partial charge in [-0.2, -0.15) is 0 Å². The maximum atomic E-state index is 13.7. The minimum atomic E-state index is -1.01. The average molecular weight is 617 g/mol. The number of carbonyl (C=O) groups excluding carboxylic acids is 1. The highest BCUT2D eigenvalue weighted by Gasteiger charge is 2.39. The molecule has 3 N–H and O–H groups in total. The van der Waals surface area contributed by atoms with Crippen molar-refractivity contribution in [2.75, 3.05) is 37.7 Å². The molecule has 0 spiro atoms. The number of halogens is 1. The Labute approximate surface area is 247 Å². The summed E-state index contributed by atoms with van der Waals surface area (Å²) in [5, 5.41) is 29.2.